The molecule has 82 valence electrons. The maximum Gasteiger partial charge on any atom is 0.0183 e. The SMILES string of the molecule is CSSc1ccc(-c2ccccc2C)cc1. The minimum Gasteiger partial charge on any atom is -0.0924 e. The van der Waals surface area contributed by atoms with Gasteiger partial charge in [0.05, 0.1) is 0 Å². The monoisotopic (exact) mass is 246 g/mol. The standard InChI is InChI=1S/C14H14S2/c1-11-5-3-4-6-14(11)12-7-9-13(10-8-12)16-15-2/h3-10H,1-2H3. The largest absolute Gasteiger partial charge is 0.0924 e. The number of rotatable bonds is 3. The van der Waals surface area contributed by atoms with Crippen LogP contribution in [0.1, 0.15) is 5.56 Å². The fourth-order valence-corrected chi connectivity index (χ4v) is 3.03. The van der Waals surface area contributed by atoms with E-state index in [-0.39, 0.29) is 0 Å². The number of hydrogen-bond donors (Lipinski definition) is 0. The molecule has 0 aliphatic carbocycles. The summed E-state index contributed by atoms with van der Waals surface area (Å²) >= 11 is 0. The van der Waals surface area contributed by atoms with Crippen molar-refractivity contribution in [3.05, 3.63) is 54.1 Å². The van der Waals surface area contributed by atoms with Crippen molar-refractivity contribution in [2.45, 2.75) is 11.8 Å². The Balaban J connectivity index is 2.31. The molecule has 2 heteroatoms. The minimum absolute atomic E-state index is 1.29. The van der Waals surface area contributed by atoms with Gasteiger partial charge in [0, 0.05) is 4.90 Å². The molecule has 0 aliphatic rings. The van der Waals surface area contributed by atoms with E-state index in [2.05, 4.69) is 61.7 Å². The van der Waals surface area contributed by atoms with Crippen LogP contribution in [-0.4, -0.2) is 6.26 Å². The Morgan fingerprint density at radius 3 is 2.19 bits per heavy atom. The molecule has 0 aliphatic heterocycles. The summed E-state index contributed by atoms with van der Waals surface area (Å²) in [7, 11) is 3.58. The van der Waals surface area contributed by atoms with Crippen molar-refractivity contribution in [1.82, 2.24) is 0 Å². The van der Waals surface area contributed by atoms with E-state index in [1.165, 1.54) is 21.6 Å². The second-order valence-electron chi connectivity index (χ2n) is 3.59. The molecule has 16 heavy (non-hydrogen) atoms. The molecule has 0 unspecified atom stereocenters. The first-order valence-electron chi connectivity index (χ1n) is 5.18. The van der Waals surface area contributed by atoms with Gasteiger partial charge in [-0.25, -0.2) is 0 Å². The predicted octanol–water partition coefficient (Wildman–Crippen LogP) is 5.03. The van der Waals surface area contributed by atoms with Crippen molar-refractivity contribution in [2.75, 3.05) is 6.26 Å². The Morgan fingerprint density at radius 2 is 1.56 bits per heavy atom. The molecule has 0 heterocycles. The van der Waals surface area contributed by atoms with Gasteiger partial charge in [0.15, 0.2) is 0 Å². The second-order valence-corrected chi connectivity index (χ2v) is 6.06. The fraction of sp³-hybridized carbons (Fsp3) is 0.143. The Kier molecular flexibility index (Phi) is 3.97. The van der Waals surface area contributed by atoms with E-state index in [9.17, 15) is 0 Å². The molecule has 0 saturated carbocycles. The molecule has 0 saturated heterocycles. The highest BCUT2D eigenvalue weighted by molar-refractivity contribution is 8.76. The highest BCUT2D eigenvalue weighted by Crippen LogP contribution is 2.31. The summed E-state index contributed by atoms with van der Waals surface area (Å²) < 4.78 is 0. The van der Waals surface area contributed by atoms with Crippen molar-refractivity contribution < 1.29 is 0 Å². The van der Waals surface area contributed by atoms with Crippen LogP contribution in [0.2, 0.25) is 0 Å². The van der Waals surface area contributed by atoms with Crippen LogP contribution < -0.4 is 0 Å². The van der Waals surface area contributed by atoms with Crippen molar-refractivity contribution in [1.29, 1.82) is 0 Å². The third-order valence-corrected chi connectivity index (χ3v) is 4.20. The average molecular weight is 246 g/mol. The first kappa shape index (κ1) is 11.6. The van der Waals surface area contributed by atoms with Gasteiger partial charge in [-0.15, -0.1) is 0 Å². The Bertz CT molecular complexity index is 460. The molecule has 0 aromatic heterocycles. The van der Waals surface area contributed by atoms with E-state index < -0.39 is 0 Å². The smallest absolute Gasteiger partial charge is 0.0183 e. The number of aryl methyl sites for hydroxylation is 1. The first-order valence-corrected chi connectivity index (χ1v) is 7.74. The third kappa shape index (κ3) is 2.63. The van der Waals surface area contributed by atoms with Crippen LogP contribution in [0.4, 0.5) is 0 Å². The van der Waals surface area contributed by atoms with Crippen LogP contribution in [0, 0.1) is 6.92 Å². The van der Waals surface area contributed by atoms with Crippen LogP contribution in [0.25, 0.3) is 11.1 Å². The summed E-state index contributed by atoms with van der Waals surface area (Å²) in [4.78, 5) is 1.31. The van der Waals surface area contributed by atoms with Crippen LogP contribution in [0.5, 0.6) is 0 Å². The molecule has 0 fully saturated rings. The summed E-state index contributed by atoms with van der Waals surface area (Å²) in [5.74, 6) is 0. The normalized spacial score (nSPS) is 10.4. The molecule has 2 aromatic carbocycles. The van der Waals surface area contributed by atoms with Gasteiger partial charge in [-0.3, -0.25) is 0 Å². The molecule has 0 amide bonds. The van der Waals surface area contributed by atoms with Crippen molar-refractivity contribution in [3.8, 4) is 11.1 Å². The lowest BCUT2D eigenvalue weighted by Gasteiger charge is -2.06. The molecule has 0 bridgehead atoms. The molecular formula is C14H14S2. The highest BCUT2D eigenvalue weighted by atomic mass is 33.1. The van der Waals surface area contributed by atoms with Crippen LogP contribution in [0.3, 0.4) is 0 Å². The van der Waals surface area contributed by atoms with Crippen molar-refractivity contribution in [2.24, 2.45) is 0 Å². The van der Waals surface area contributed by atoms with E-state index in [4.69, 9.17) is 0 Å². The first-order chi connectivity index (χ1) is 7.81. The number of hydrogen-bond acceptors (Lipinski definition) is 2. The maximum atomic E-state index is 2.20. The van der Waals surface area contributed by atoms with Gasteiger partial charge < -0.3 is 0 Å². The Hall–Kier alpha value is -0.860. The lowest BCUT2D eigenvalue weighted by Crippen LogP contribution is -1.81. The van der Waals surface area contributed by atoms with E-state index in [1.54, 1.807) is 21.6 Å². The van der Waals surface area contributed by atoms with Gasteiger partial charge in [0.25, 0.3) is 0 Å². The molecule has 0 radical (unpaired) electrons. The zero-order valence-corrected chi connectivity index (χ0v) is 11.1. The zero-order chi connectivity index (χ0) is 11.4. The van der Waals surface area contributed by atoms with Crippen LogP contribution >= 0.6 is 21.6 Å². The summed E-state index contributed by atoms with van der Waals surface area (Å²) in [6, 6.07) is 17.3. The van der Waals surface area contributed by atoms with E-state index >= 15 is 0 Å². The van der Waals surface area contributed by atoms with Crippen molar-refractivity contribution in [3.63, 3.8) is 0 Å². The lowest BCUT2D eigenvalue weighted by atomic mass is 10.0. The topological polar surface area (TPSA) is 0 Å². The minimum atomic E-state index is 1.29. The maximum absolute atomic E-state index is 2.20. The molecule has 0 nitrogen and oxygen atoms in total. The molecule has 2 aromatic rings. The molecule has 2 rings (SSSR count). The fourth-order valence-electron chi connectivity index (χ4n) is 1.68. The molecule has 0 atom stereocenters. The zero-order valence-electron chi connectivity index (χ0n) is 9.44. The summed E-state index contributed by atoms with van der Waals surface area (Å²) in [6.07, 6.45) is 2.10. The van der Waals surface area contributed by atoms with E-state index in [0.717, 1.165) is 0 Å². The van der Waals surface area contributed by atoms with Gasteiger partial charge in [-0.05, 0) is 42.0 Å². The van der Waals surface area contributed by atoms with Crippen LogP contribution in [0.15, 0.2) is 53.4 Å². The summed E-state index contributed by atoms with van der Waals surface area (Å²) in [6.45, 7) is 2.15. The van der Waals surface area contributed by atoms with Gasteiger partial charge in [-0.2, -0.15) is 0 Å². The summed E-state index contributed by atoms with van der Waals surface area (Å²) in [5.41, 5.74) is 3.94. The highest BCUT2D eigenvalue weighted by Gasteiger charge is 2.00. The molecule has 0 N–H and O–H groups in total. The van der Waals surface area contributed by atoms with Crippen LogP contribution in [-0.2, 0) is 0 Å². The average Bonchev–Trinajstić information content (AvgIpc) is 2.31. The molecular weight excluding hydrogens is 232 g/mol. The number of benzene rings is 2. The second kappa shape index (κ2) is 5.46. The van der Waals surface area contributed by atoms with Gasteiger partial charge in [0.2, 0.25) is 0 Å². The van der Waals surface area contributed by atoms with E-state index in [1.807, 2.05) is 0 Å². The van der Waals surface area contributed by atoms with Gasteiger partial charge in [0.1, 0.15) is 0 Å². The lowest BCUT2D eigenvalue weighted by molar-refractivity contribution is 1.42. The van der Waals surface area contributed by atoms with E-state index in [0.29, 0.717) is 0 Å². The third-order valence-electron chi connectivity index (χ3n) is 2.49. The quantitative estimate of drug-likeness (QED) is 0.696. The predicted molar refractivity (Wildman–Crippen MR) is 76.0 cm³/mol. The van der Waals surface area contributed by atoms with Crippen molar-refractivity contribution >= 4 is 21.6 Å². The summed E-state index contributed by atoms with van der Waals surface area (Å²) in [5, 5.41) is 0. The Labute approximate surface area is 105 Å². The van der Waals surface area contributed by atoms with Gasteiger partial charge in [-0.1, -0.05) is 58.0 Å². The Morgan fingerprint density at radius 1 is 0.875 bits per heavy atom. The van der Waals surface area contributed by atoms with Gasteiger partial charge >= 0.3 is 0 Å². The molecule has 0 spiro atoms.